The Hall–Kier alpha value is -3.19. The highest BCUT2D eigenvalue weighted by atomic mass is 32.2. The highest BCUT2D eigenvalue weighted by molar-refractivity contribution is 7.99. The average Bonchev–Trinajstić information content (AvgIpc) is 2.81. The van der Waals surface area contributed by atoms with Crippen molar-refractivity contribution in [2.45, 2.75) is 29.7 Å². The van der Waals surface area contributed by atoms with Crippen molar-refractivity contribution < 1.29 is 9.59 Å². The number of likely N-dealkylation sites (tertiary alicyclic amines) is 1. The monoisotopic (exact) mass is 432 g/mol. The van der Waals surface area contributed by atoms with E-state index in [-0.39, 0.29) is 17.7 Å². The van der Waals surface area contributed by atoms with Crippen LogP contribution >= 0.6 is 11.8 Å². The first-order valence-electron chi connectivity index (χ1n) is 10.3. The van der Waals surface area contributed by atoms with Gasteiger partial charge in [-0.15, -0.1) is 0 Å². The predicted molar refractivity (Wildman–Crippen MR) is 121 cm³/mol. The van der Waals surface area contributed by atoms with E-state index in [1.54, 1.807) is 23.4 Å². The topological polar surface area (TPSA) is 75.2 Å². The normalized spacial score (nSPS) is 16.0. The van der Waals surface area contributed by atoms with Crippen LogP contribution in [0.2, 0.25) is 0 Å². The molecule has 0 saturated carbocycles. The quantitative estimate of drug-likeness (QED) is 0.646. The van der Waals surface area contributed by atoms with E-state index in [2.05, 4.69) is 15.3 Å². The second-order valence-corrected chi connectivity index (χ2v) is 8.58. The number of piperidine rings is 1. The molecule has 2 aromatic heterocycles. The molecule has 1 atom stereocenters. The number of aryl methyl sites for hydroxylation is 1. The lowest BCUT2D eigenvalue weighted by Gasteiger charge is -2.32. The van der Waals surface area contributed by atoms with Gasteiger partial charge in [0.25, 0.3) is 5.91 Å². The minimum absolute atomic E-state index is 0.0851. The highest BCUT2D eigenvalue weighted by Crippen LogP contribution is 2.30. The van der Waals surface area contributed by atoms with Gasteiger partial charge in [-0.05, 0) is 55.7 Å². The first-order valence-corrected chi connectivity index (χ1v) is 11.1. The number of pyridine rings is 2. The molecular formula is C24H24N4O2S. The number of hydrogen-bond donors (Lipinski definition) is 1. The highest BCUT2D eigenvalue weighted by Gasteiger charge is 2.30. The minimum atomic E-state index is -0.263. The van der Waals surface area contributed by atoms with E-state index in [9.17, 15) is 9.59 Å². The van der Waals surface area contributed by atoms with E-state index >= 15 is 0 Å². The van der Waals surface area contributed by atoms with Crippen LogP contribution in [-0.2, 0) is 4.79 Å². The Kier molecular flexibility index (Phi) is 6.62. The van der Waals surface area contributed by atoms with Crippen molar-refractivity contribution in [3.8, 4) is 0 Å². The van der Waals surface area contributed by atoms with Gasteiger partial charge < -0.3 is 10.2 Å². The van der Waals surface area contributed by atoms with Crippen LogP contribution < -0.4 is 5.32 Å². The Bertz CT molecular complexity index is 1070. The Balaban J connectivity index is 1.47. The molecule has 31 heavy (non-hydrogen) atoms. The Morgan fingerprint density at radius 1 is 1.03 bits per heavy atom. The van der Waals surface area contributed by atoms with Crippen LogP contribution in [0.4, 0.5) is 5.82 Å². The number of aromatic nitrogens is 2. The van der Waals surface area contributed by atoms with Crippen LogP contribution in [0, 0.1) is 12.8 Å². The summed E-state index contributed by atoms with van der Waals surface area (Å²) in [6.45, 7) is 2.93. The number of carbonyl (C=O) groups excluding carboxylic acids is 2. The molecule has 4 rings (SSSR count). The zero-order valence-corrected chi connectivity index (χ0v) is 18.1. The maximum atomic E-state index is 13.3. The fourth-order valence-electron chi connectivity index (χ4n) is 3.62. The Morgan fingerprint density at radius 3 is 2.61 bits per heavy atom. The summed E-state index contributed by atoms with van der Waals surface area (Å²) in [5.41, 5.74) is 1.48. The zero-order valence-electron chi connectivity index (χ0n) is 17.3. The summed E-state index contributed by atoms with van der Waals surface area (Å²) >= 11 is 1.47. The number of hydrogen-bond acceptors (Lipinski definition) is 5. The molecular weight excluding hydrogens is 408 g/mol. The number of benzene rings is 1. The van der Waals surface area contributed by atoms with Crippen molar-refractivity contribution in [2.24, 2.45) is 5.92 Å². The second-order valence-electron chi connectivity index (χ2n) is 7.52. The number of nitrogens with one attached hydrogen (secondary N) is 1. The van der Waals surface area contributed by atoms with Gasteiger partial charge in [0.1, 0.15) is 10.8 Å². The third-order valence-electron chi connectivity index (χ3n) is 5.29. The number of amides is 2. The largest absolute Gasteiger partial charge is 0.338 e. The second kappa shape index (κ2) is 9.75. The summed E-state index contributed by atoms with van der Waals surface area (Å²) < 4.78 is 0. The summed E-state index contributed by atoms with van der Waals surface area (Å²) in [5, 5.41) is 3.59. The van der Waals surface area contributed by atoms with Gasteiger partial charge in [0.05, 0.1) is 11.5 Å². The van der Waals surface area contributed by atoms with E-state index < -0.39 is 0 Å². The van der Waals surface area contributed by atoms with Crippen LogP contribution in [0.1, 0.15) is 28.8 Å². The summed E-state index contributed by atoms with van der Waals surface area (Å²) in [6, 6.07) is 17.2. The SMILES string of the molecule is Cc1cccnc1NC(=O)C1CCCN(C(=O)c2cccnc2Sc2ccccc2)C1. The first kappa shape index (κ1) is 21.1. The third-order valence-corrected chi connectivity index (χ3v) is 6.32. The third kappa shape index (κ3) is 5.11. The number of rotatable bonds is 5. The van der Waals surface area contributed by atoms with Crippen molar-refractivity contribution in [3.05, 3.63) is 78.1 Å². The van der Waals surface area contributed by atoms with Crippen molar-refractivity contribution in [1.29, 1.82) is 0 Å². The van der Waals surface area contributed by atoms with Gasteiger partial charge in [-0.1, -0.05) is 36.0 Å². The summed E-state index contributed by atoms with van der Waals surface area (Å²) in [6.07, 6.45) is 4.89. The number of anilines is 1. The summed E-state index contributed by atoms with van der Waals surface area (Å²) in [7, 11) is 0. The molecule has 158 valence electrons. The molecule has 1 aromatic carbocycles. The van der Waals surface area contributed by atoms with Gasteiger partial charge in [0, 0.05) is 30.4 Å². The standard InChI is InChI=1S/C24H24N4O2S/c1-17-8-5-13-25-21(17)27-22(29)18-9-7-15-28(16-18)24(30)20-12-6-14-26-23(20)31-19-10-3-2-4-11-19/h2-6,8,10-14,18H,7,9,15-16H2,1H3,(H,25,27,29). The van der Waals surface area contributed by atoms with Gasteiger partial charge in [0.2, 0.25) is 5.91 Å². The average molecular weight is 433 g/mol. The number of nitrogens with zero attached hydrogens (tertiary/aromatic N) is 3. The van der Waals surface area contributed by atoms with E-state index in [1.807, 2.05) is 55.5 Å². The lowest BCUT2D eigenvalue weighted by atomic mass is 9.96. The molecule has 0 radical (unpaired) electrons. The molecule has 3 aromatic rings. The van der Waals surface area contributed by atoms with Crippen molar-refractivity contribution in [1.82, 2.24) is 14.9 Å². The van der Waals surface area contributed by atoms with Crippen molar-refractivity contribution in [2.75, 3.05) is 18.4 Å². The van der Waals surface area contributed by atoms with Gasteiger partial charge in [-0.25, -0.2) is 9.97 Å². The molecule has 2 amide bonds. The van der Waals surface area contributed by atoms with Crippen molar-refractivity contribution in [3.63, 3.8) is 0 Å². The lowest BCUT2D eigenvalue weighted by molar-refractivity contribution is -0.121. The molecule has 1 saturated heterocycles. The molecule has 1 aliphatic heterocycles. The molecule has 1 N–H and O–H groups in total. The molecule has 0 bridgehead atoms. The van der Waals surface area contributed by atoms with Crippen LogP contribution in [0.15, 0.2) is 76.9 Å². The number of carbonyl (C=O) groups is 2. The Morgan fingerprint density at radius 2 is 1.81 bits per heavy atom. The van der Waals surface area contributed by atoms with Gasteiger partial charge in [0.15, 0.2) is 0 Å². The van der Waals surface area contributed by atoms with Gasteiger partial charge >= 0.3 is 0 Å². The fourth-order valence-corrected chi connectivity index (χ4v) is 4.51. The molecule has 1 aliphatic rings. The molecule has 0 spiro atoms. The van der Waals surface area contributed by atoms with Crippen LogP contribution in [0.25, 0.3) is 0 Å². The van der Waals surface area contributed by atoms with Gasteiger partial charge in [-0.3, -0.25) is 9.59 Å². The molecule has 6 nitrogen and oxygen atoms in total. The molecule has 0 aliphatic carbocycles. The van der Waals surface area contributed by atoms with E-state index in [1.165, 1.54) is 11.8 Å². The van der Waals surface area contributed by atoms with E-state index in [4.69, 9.17) is 0 Å². The van der Waals surface area contributed by atoms with Crippen LogP contribution in [0.5, 0.6) is 0 Å². The zero-order chi connectivity index (χ0) is 21.6. The van der Waals surface area contributed by atoms with E-state index in [0.29, 0.717) is 29.5 Å². The minimum Gasteiger partial charge on any atom is -0.338 e. The summed E-state index contributed by atoms with van der Waals surface area (Å²) in [4.78, 5) is 37.6. The predicted octanol–water partition coefficient (Wildman–Crippen LogP) is 4.43. The maximum absolute atomic E-state index is 13.3. The lowest BCUT2D eigenvalue weighted by Crippen LogP contribution is -2.44. The summed E-state index contributed by atoms with van der Waals surface area (Å²) in [5.74, 6) is 0.133. The molecule has 3 heterocycles. The van der Waals surface area contributed by atoms with Crippen LogP contribution in [-0.4, -0.2) is 39.8 Å². The van der Waals surface area contributed by atoms with E-state index in [0.717, 1.165) is 23.3 Å². The molecule has 1 fully saturated rings. The molecule has 1 unspecified atom stereocenters. The maximum Gasteiger partial charge on any atom is 0.256 e. The smallest absolute Gasteiger partial charge is 0.256 e. The Labute approximate surface area is 186 Å². The van der Waals surface area contributed by atoms with Gasteiger partial charge in [-0.2, -0.15) is 0 Å². The first-order chi connectivity index (χ1) is 15.1. The fraction of sp³-hybridized carbons (Fsp3) is 0.250. The molecule has 7 heteroatoms. The van der Waals surface area contributed by atoms with Crippen molar-refractivity contribution >= 4 is 29.4 Å². The van der Waals surface area contributed by atoms with Crippen LogP contribution in [0.3, 0.4) is 0 Å².